The molecule has 8 heteroatoms. The average molecular weight is 371 g/mol. The van der Waals surface area contributed by atoms with E-state index in [0.29, 0.717) is 24.1 Å². The Labute approximate surface area is 156 Å². The summed E-state index contributed by atoms with van der Waals surface area (Å²) in [7, 11) is 1.28. The van der Waals surface area contributed by atoms with Gasteiger partial charge in [-0.15, -0.1) is 0 Å². The van der Waals surface area contributed by atoms with Crippen LogP contribution in [-0.4, -0.2) is 37.3 Å². The fraction of sp³-hybridized carbons (Fsp3) is 0.368. The molecule has 1 aliphatic carbocycles. The molecule has 1 saturated heterocycles. The van der Waals surface area contributed by atoms with Gasteiger partial charge in [-0.2, -0.15) is 0 Å². The molecule has 8 nitrogen and oxygen atoms in total. The maximum absolute atomic E-state index is 12.8. The number of amides is 3. The van der Waals surface area contributed by atoms with Gasteiger partial charge in [-0.3, -0.25) is 24.6 Å². The second-order valence-corrected chi connectivity index (χ2v) is 6.44. The summed E-state index contributed by atoms with van der Waals surface area (Å²) < 4.78 is 4.52. The molecule has 1 aromatic rings. The Morgan fingerprint density at radius 2 is 1.96 bits per heavy atom. The fourth-order valence-electron chi connectivity index (χ4n) is 3.25. The average Bonchev–Trinajstić information content (AvgIpc) is 2.70. The molecule has 0 bridgehead atoms. The summed E-state index contributed by atoms with van der Waals surface area (Å²) in [5, 5.41) is 3.84. The first-order valence-corrected chi connectivity index (χ1v) is 8.76. The highest BCUT2D eigenvalue weighted by Gasteiger charge is 2.42. The van der Waals surface area contributed by atoms with Crippen molar-refractivity contribution in [2.75, 3.05) is 18.7 Å². The van der Waals surface area contributed by atoms with Crippen molar-refractivity contribution in [2.45, 2.75) is 19.3 Å². The molecular formula is C19H21N3O5. The predicted molar refractivity (Wildman–Crippen MR) is 96.4 cm³/mol. The molecule has 2 aliphatic rings. The third-order valence-corrected chi connectivity index (χ3v) is 4.74. The number of rotatable bonds is 5. The molecule has 1 aliphatic heterocycles. The lowest BCUT2D eigenvalue weighted by Crippen LogP contribution is -2.59. The highest BCUT2D eigenvalue weighted by Crippen LogP contribution is 2.32. The lowest BCUT2D eigenvalue weighted by molar-refractivity contribution is -0.140. The number of carbonyl (C=O) groups excluding carboxylic acids is 4. The molecule has 2 N–H and O–H groups in total. The van der Waals surface area contributed by atoms with Gasteiger partial charge in [0.15, 0.2) is 0 Å². The highest BCUT2D eigenvalue weighted by molar-refractivity contribution is 6.05. The summed E-state index contributed by atoms with van der Waals surface area (Å²) in [6, 6.07) is 6.42. The number of hydrogen-bond donors (Lipinski definition) is 2. The number of allylic oxidation sites excluding steroid dienone is 2. The molecule has 0 aromatic heterocycles. The number of hydrazine groups is 1. The van der Waals surface area contributed by atoms with Gasteiger partial charge in [0, 0.05) is 12.1 Å². The monoisotopic (exact) mass is 371 g/mol. The minimum Gasteiger partial charge on any atom is -0.469 e. The normalized spacial score (nSPS) is 21.3. The number of carbonyl (C=O) groups is 4. The van der Waals surface area contributed by atoms with Gasteiger partial charge in [-0.1, -0.05) is 18.2 Å². The van der Waals surface area contributed by atoms with Gasteiger partial charge in [0.25, 0.3) is 5.91 Å². The molecule has 0 radical (unpaired) electrons. The van der Waals surface area contributed by atoms with E-state index in [2.05, 4.69) is 15.5 Å². The topological polar surface area (TPSA) is 105 Å². The Hall–Kier alpha value is -3.16. The van der Waals surface area contributed by atoms with Crippen LogP contribution in [0, 0.1) is 11.8 Å². The first-order chi connectivity index (χ1) is 13.0. The summed E-state index contributed by atoms with van der Waals surface area (Å²) in [4.78, 5) is 48.5. The fourth-order valence-corrected chi connectivity index (χ4v) is 3.25. The molecule has 142 valence electrons. The van der Waals surface area contributed by atoms with E-state index in [1.165, 1.54) is 18.2 Å². The number of ether oxygens (including phenoxy) is 1. The Bertz CT molecular complexity index is 804. The molecule has 0 spiro atoms. The predicted octanol–water partition coefficient (Wildman–Crippen LogP) is 0.940. The van der Waals surface area contributed by atoms with Crippen molar-refractivity contribution < 1.29 is 23.9 Å². The zero-order valence-corrected chi connectivity index (χ0v) is 14.9. The number of anilines is 1. The number of methoxy groups -OCH3 is 1. The summed E-state index contributed by atoms with van der Waals surface area (Å²) in [6.45, 7) is 0.144. The largest absolute Gasteiger partial charge is 0.469 e. The molecule has 3 rings (SSSR count). The Balaban J connectivity index is 1.72. The smallest absolute Gasteiger partial charge is 0.307 e. The number of fused-ring (bicyclic) bond motifs is 1. The van der Waals surface area contributed by atoms with E-state index in [1.807, 2.05) is 12.2 Å². The van der Waals surface area contributed by atoms with Crippen LogP contribution in [0.15, 0.2) is 36.4 Å². The van der Waals surface area contributed by atoms with Crippen molar-refractivity contribution in [3.05, 3.63) is 42.0 Å². The van der Waals surface area contributed by atoms with Crippen molar-refractivity contribution in [2.24, 2.45) is 11.8 Å². The first-order valence-electron chi connectivity index (χ1n) is 8.76. The van der Waals surface area contributed by atoms with E-state index in [1.54, 1.807) is 18.2 Å². The molecule has 2 atom stereocenters. The molecule has 1 aromatic carbocycles. The molecule has 3 amide bonds. The van der Waals surface area contributed by atoms with Gasteiger partial charge in [0.05, 0.1) is 31.1 Å². The number of esters is 1. The van der Waals surface area contributed by atoms with Crippen LogP contribution in [-0.2, 0) is 19.1 Å². The zero-order chi connectivity index (χ0) is 19.4. The third kappa shape index (κ3) is 3.99. The van der Waals surface area contributed by atoms with Gasteiger partial charge in [-0.05, 0) is 31.0 Å². The van der Waals surface area contributed by atoms with Gasteiger partial charge in [0.2, 0.25) is 11.8 Å². The molecule has 1 fully saturated rings. The van der Waals surface area contributed by atoms with Crippen LogP contribution < -0.4 is 15.8 Å². The maximum Gasteiger partial charge on any atom is 0.307 e. The number of nitrogens with zero attached hydrogens (tertiary/aromatic N) is 1. The van der Waals surface area contributed by atoms with Crippen LogP contribution >= 0.6 is 0 Å². The molecular weight excluding hydrogens is 350 g/mol. The first kappa shape index (κ1) is 18.6. The van der Waals surface area contributed by atoms with Crippen LogP contribution in [0.2, 0.25) is 0 Å². The second kappa shape index (κ2) is 8.03. The lowest BCUT2D eigenvalue weighted by Gasteiger charge is -2.38. The van der Waals surface area contributed by atoms with Crippen molar-refractivity contribution in [1.82, 2.24) is 10.7 Å². The minimum absolute atomic E-state index is 0.0686. The Morgan fingerprint density at radius 1 is 1.22 bits per heavy atom. The van der Waals surface area contributed by atoms with Crippen LogP contribution in [0.4, 0.5) is 5.69 Å². The van der Waals surface area contributed by atoms with E-state index in [0.717, 1.165) is 0 Å². The zero-order valence-electron chi connectivity index (χ0n) is 14.9. The second-order valence-electron chi connectivity index (χ2n) is 6.44. The minimum atomic E-state index is -0.415. The maximum atomic E-state index is 12.8. The number of nitrogens with one attached hydrogen (secondary N) is 2. The van der Waals surface area contributed by atoms with E-state index >= 15 is 0 Å². The molecule has 0 unspecified atom stereocenters. The van der Waals surface area contributed by atoms with E-state index in [-0.39, 0.29) is 42.5 Å². The van der Waals surface area contributed by atoms with Gasteiger partial charge >= 0.3 is 5.97 Å². The van der Waals surface area contributed by atoms with Crippen LogP contribution in [0.3, 0.4) is 0 Å². The summed E-state index contributed by atoms with van der Waals surface area (Å²) in [6.07, 6.45) is 4.99. The molecule has 1 heterocycles. The Morgan fingerprint density at radius 3 is 2.70 bits per heavy atom. The van der Waals surface area contributed by atoms with Gasteiger partial charge in [-0.25, -0.2) is 5.01 Å². The van der Waals surface area contributed by atoms with Crippen molar-refractivity contribution in [1.29, 1.82) is 0 Å². The van der Waals surface area contributed by atoms with Crippen LogP contribution in [0.25, 0.3) is 0 Å². The van der Waals surface area contributed by atoms with E-state index in [4.69, 9.17) is 0 Å². The van der Waals surface area contributed by atoms with Crippen molar-refractivity contribution in [3.63, 3.8) is 0 Å². The SMILES string of the molecule is COC(=O)CCNC(=O)c1cccc(N2NC(=O)[C@H]3CC=CC[C@H]3C2=O)c1. The van der Waals surface area contributed by atoms with E-state index < -0.39 is 5.97 Å². The van der Waals surface area contributed by atoms with Crippen LogP contribution in [0.5, 0.6) is 0 Å². The van der Waals surface area contributed by atoms with E-state index in [9.17, 15) is 19.2 Å². The molecule has 0 saturated carbocycles. The number of benzene rings is 1. The number of hydrogen-bond acceptors (Lipinski definition) is 5. The third-order valence-electron chi connectivity index (χ3n) is 4.74. The van der Waals surface area contributed by atoms with Crippen LogP contribution in [0.1, 0.15) is 29.6 Å². The van der Waals surface area contributed by atoms with Gasteiger partial charge < -0.3 is 10.1 Å². The quantitative estimate of drug-likeness (QED) is 0.592. The summed E-state index contributed by atoms with van der Waals surface area (Å²) >= 11 is 0. The van der Waals surface area contributed by atoms with Crippen molar-refractivity contribution in [3.8, 4) is 0 Å². The Kier molecular flexibility index (Phi) is 5.54. The molecule has 27 heavy (non-hydrogen) atoms. The summed E-state index contributed by atoms with van der Waals surface area (Å²) in [5.41, 5.74) is 3.37. The lowest BCUT2D eigenvalue weighted by atomic mass is 9.80. The standard InChI is InChI=1S/C19H21N3O5/c1-27-16(23)9-10-20-17(24)12-5-4-6-13(11-12)22-19(26)15-8-3-2-7-14(15)18(25)21-22/h2-6,11,14-15H,7-10H2,1H3,(H,20,24)(H,21,25)/t14-,15+/m0/s1. The summed E-state index contributed by atoms with van der Waals surface area (Å²) in [5.74, 6) is -1.91. The van der Waals surface area contributed by atoms with Gasteiger partial charge in [0.1, 0.15) is 0 Å². The van der Waals surface area contributed by atoms with Crippen molar-refractivity contribution >= 4 is 29.4 Å². The highest BCUT2D eigenvalue weighted by atomic mass is 16.5.